The molecule has 3 atom stereocenters. The van der Waals surface area contributed by atoms with Crippen LogP contribution in [0.5, 0.6) is 0 Å². The minimum Gasteiger partial charge on any atom is -0.392 e. The third-order valence-corrected chi connectivity index (χ3v) is 2.97. The topological polar surface area (TPSA) is 20.2 Å². The summed E-state index contributed by atoms with van der Waals surface area (Å²) >= 11 is 0. The summed E-state index contributed by atoms with van der Waals surface area (Å²) in [5.41, 5.74) is -0.261. The van der Waals surface area contributed by atoms with E-state index in [2.05, 4.69) is 31.6 Å². The maximum absolute atomic E-state index is 10.1. The van der Waals surface area contributed by atoms with Gasteiger partial charge < -0.3 is 5.11 Å². The van der Waals surface area contributed by atoms with Crippen LogP contribution in [0.4, 0.5) is 0 Å². The van der Waals surface area contributed by atoms with E-state index in [1.54, 1.807) is 0 Å². The highest BCUT2D eigenvalue weighted by Gasteiger charge is 2.36. The van der Waals surface area contributed by atoms with E-state index in [1.807, 2.05) is 6.08 Å². The molecule has 1 aliphatic rings. The Hall–Kier alpha value is -1.00. The Bertz CT molecular complexity index is 271. The van der Waals surface area contributed by atoms with Gasteiger partial charge in [-0.15, -0.1) is 18.9 Å². The van der Waals surface area contributed by atoms with Crippen molar-refractivity contribution in [1.29, 1.82) is 0 Å². The van der Waals surface area contributed by atoms with E-state index < -0.39 is 0 Å². The summed E-state index contributed by atoms with van der Waals surface area (Å²) in [5.74, 6) is 3.09. The van der Waals surface area contributed by atoms with Crippen molar-refractivity contribution < 1.29 is 5.11 Å². The maximum Gasteiger partial charge on any atom is 0.0648 e. The Balaban J connectivity index is 2.91. The molecule has 0 bridgehead atoms. The third kappa shape index (κ3) is 2.08. The minimum atomic E-state index is -0.337. The summed E-state index contributed by atoms with van der Waals surface area (Å²) < 4.78 is 0. The van der Waals surface area contributed by atoms with E-state index in [4.69, 9.17) is 6.42 Å². The molecule has 76 valence electrons. The van der Waals surface area contributed by atoms with Crippen molar-refractivity contribution in [2.75, 3.05) is 0 Å². The Morgan fingerprint density at radius 3 is 3.00 bits per heavy atom. The lowest BCUT2D eigenvalue weighted by Gasteiger charge is -2.37. The van der Waals surface area contributed by atoms with Crippen LogP contribution in [-0.4, -0.2) is 11.2 Å². The first-order chi connectivity index (χ1) is 6.64. The van der Waals surface area contributed by atoms with Crippen LogP contribution < -0.4 is 0 Å². The predicted octanol–water partition coefficient (Wildman–Crippen LogP) is 2.53. The highest BCUT2D eigenvalue weighted by Crippen LogP contribution is 2.39. The summed E-state index contributed by atoms with van der Waals surface area (Å²) in [4.78, 5) is 0. The lowest BCUT2D eigenvalue weighted by atomic mass is 9.70. The molecule has 14 heavy (non-hydrogen) atoms. The Morgan fingerprint density at radius 2 is 2.50 bits per heavy atom. The lowest BCUT2D eigenvalue weighted by Crippen LogP contribution is -2.36. The molecular weight excluding hydrogens is 172 g/mol. The zero-order valence-corrected chi connectivity index (χ0v) is 8.74. The van der Waals surface area contributed by atoms with Gasteiger partial charge in [0.15, 0.2) is 0 Å². The van der Waals surface area contributed by atoms with Gasteiger partial charge >= 0.3 is 0 Å². The van der Waals surface area contributed by atoms with Crippen LogP contribution in [0.1, 0.15) is 26.2 Å². The highest BCUT2D eigenvalue weighted by atomic mass is 16.3. The van der Waals surface area contributed by atoms with Crippen LogP contribution in [0.25, 0.3) is 0 Å². The molecule has 0 amide bonds. The molecule has 0 spiro atoms. The number of aliphatic hydroxyl groups is 1. The fraction of sp³-hybridized carbons (Fsp3) is 0.538. The fourth-order valence-corrected chi connectivity index (χ4v) is 2.04. The molecule has 1 aliphatic carbocycles. The first kappa shape index (κ1) is 11.1. The van der Waals surface area contributed by atoms with Gasteiger partial charge in [0, 0.05) is 11.8 Å². The van der Waals surface area contributed by atoms with E-state index in [1.165, 1.54) is 0 Å². The van der Waals surface area contributed by atoms with Crippen LogP contribution in [0.3, 0.4) is 0 Å². The van der Waals surface area contributed by atoms with Gasteiger partial charge in [-0.2, -0.15) is 0 Å². The second-order valence-corrected chi connectivity index (χ2v) is 4.19. The summed E-state index contributed by atoms with van der Waals surface area (Å²) in [6.07, 6.45) is 13.2. The van der Waals surface area contributed by atoms with Crippen LogP contribution in [0.15, 0.2) is 24.8 Å². The first-order valence-electron chi connectivity index (χ1n) is 5.06. The molecule has 0 radical (unpaired) electrons. The SMILES string of the molecule is C#CCC1(CC=C)C=CC(C)CC1O. The van der Waals surface area contributed by atoms with Gasteiger partial charge in [0.25, 0.3) is 0 Å². The number of aliphatic hydroxyl groups excluding tert-OH is 1. The van der Waals surface area contributed by atoms with Gasteiger partial charge in [-0.1, -0.05) is 25.2 Å². The zero-order chi connectivity index (χ0) is 10.6. The quantitative estimate of drug-likeness (QED) is 0.535. The van der Waals surface area contributed by atoms with Crippen molar-refractivity contribution in [2.45, 2.75) is 32.3 Å². The molecule has 0 heterocycles. The molecule has 0 aromatic rings. The van der Waals surface area contributed by atoms with Gasteiger partial charge in [0.05, 0.1) is 6.10 Å². The average molecular weight is 190 g/mol. The predicted molar refractivity (Wildman–Crippen MR) is 59.6 cm³/mol. The van der Waals surface area contributed by atoms with Gasteiger partial charge in [0.1, 0.15) is 0 Å². The number of allylic oxidation sites excluding steroid dienone is 2. The van der Waals surface area contributed by atoms with Crippen molar-refractivity contribution in [3.05, 3.63) is 24.8 Å². The second-order valence-electron chi connectivity index (χ2n) is 4.19. The monoisotopic (exact) mass is 190 g/mol. The lowest BCUT2D eigenvalue weighted by molar-refractivity contribution is 0.0396. The fourth-order valence-electron chi connectivity index (χ4n) is 2.04. The molecular formula is C13H18O. The van der Waals surface area contributed by atoms with Crippen molar-refractivity contribution in [3.8, 4) is 12.3 Å². The molecule has 0 aromatic heterocycles. The molecule has 0 aliphatic heterocycles. The Morgan fingerprint density at radius 1 is 1.79 bits per heavy atom. The van der Waals surface area contributed by atoms with Crippen LogP contribution in [0, 0.1) is 23.7 Å². The normalized spacial score (nSPS) is 36.4. The molecule has 1 N–H and O–H groups in total. The molecule has 1 heteroatoms. The zero-order valence-electron chi connectivity index (χ0n) is 8.74. The van der Waals surface area contributed by atoms with E-state index in [9.17, 15) is 5.11 Å². The van der Waals surface area contributed by atoms with E-state index in [0.29, 0.717) is 12.3 Å². The number of hydrogen-bond acceptors (Lipinski definition) is 1. The van der Waals surface area contributed by atoms with Gasteiger partial charge in [0.2, 0.25) is 0 Å². The molecule has 0 fully saturated rings. The minimum absolute atomic E-state index is 0.261. The Kier molecular flexibility index (Phi) is 3.55. The van der Waals surface area contributed by atoms with Crippen LogP contribution >= 0.6 is 0 Å². The molecule has 3 unspecified atom stereocenters. The maximum atomic E-state index is 10.1. The third-order valence-electron chi connectivity index (χ3n) is 2.97. The van der Waals surface area contributed by atoms with E-state index in [0.717, 1.165) is 12.8 Å². The van der Waals surface area contributed by atoms with Crippen molar-refractivity contribution in [2.24, 2.45) is 11.3 Å². The highest BCUT2D eigenvalue weighted by molar-refractivity contribution is 5.15. The van der Waals surface area contributed by atoms with E-state index in [-0.39, 0.29) is 11.5 Å². The Labute approximate surface area is 86.5 Å². The van der Waals surface area contributed by atoms with Gasteiger partial charge in [-0.25, -0.2) is 0 Å². The standard InChI is InChI=1S/C13H18O/c1-4-7-13(8-5-2)9-6-11(3)10-12(13)14/h1,5-6,9,11-12,14H,2,7-8,10H2,3H3. The smallest absolute Gasteiger partial charge is 0.0648 e. The molecule has 1 nitrogen and oxygen atoms in total. The number of rotatable bonds is 3. The molecule has 1 rings (SSSR count). The second kappa shape index (κ2) is 4.48. The summed E-state index contributed by atoms with van der Waals surface area (Å²) in [6.45, 7) is 5.83. The molecule has 0 saturated carbocycles. The first-order valence-corrected chi connectivity index (χ1v) is 5.06. The largest absolute Gasteiger partial charge is 0.392 e. The van der Waals surface area contributed by atoms with Crippen LogP contribution in [-0.2, 0) is 0 Å². The molecule has 0 saturated heterocycles. The van der Waals surface area contributed by atoms with Crippen LogP contribution in [0.2, 0.25) is 0 Å². The summed E-state index contributed by atoms with van der Waals surface area (Å²) in [5, 5.41) is 10.1. The molecule has 0 aromatic carbocycles. The van der Waals surface area contributed by atoms with Gasteiger partial charge in [-0.05, 0) is 18.8 Å². The van der Waals surface area contributed by atoms with Crippen molar-refractivity contribution in [1.82, 2.24) is 0 Å². The van der Waals surface area contributed by atoms with Gasteiger partial charge in [-0.3, -0.25) is 0 Å². The van der Waals surface area contributed by atoms with E-state index >= 15 is 0 Å². The number of terminal acetylenes is 1. The van der Waals surface area contributed by atoms with Crippen molar-refractivity contribution in [3.63, 3.8) is 0 Å². The average Bonchev–Trinajstić information content (AvgIpc) is 2.13. The summed E-state index contributed by atoms with van der Waals surface area (Å²) in [7, 11) is 0. The van der Waals surface area contributed by atoms with Crippen molar-refractivity contribution >= 4 is 0 Å². The number of hydrogen-bond donors (Lipinski definition) is 1. The summed E-state index contributed by atoms with van der Waals surface area (Å²) in [6, 6.07) is 0.